The van der Waals surface area contributed by atoms with Crippen LogP contribution >= 0.6 is 0 Å². The van der Waals surface area contributed by atoms with Crippen LogP contribution in [0.1, 0.15) is 40.5 Å². The number of carbonyl (C=O) groups is 3. The fourth-order valence-electron chi connectivity index (χ4n) is 3.61. The standard InChI is InChI=1S/C26H24N4O5/c1-3-35-26(33)19-16-27-30(23-14-12-17-8-4-6-10-20(17)28-23)25(19)29-24(32)15-13-21(31)18-9-5-7-11-22(18)34-2/h4-12,14,16H,3,13,15H2,1-2H3,(H,29,32). The maximum atomic E-state index is 12.8. The number of pyridine rings is 1. The second-order valence-corrected chi connectivity index (χ2v) is 7.57. The van der Waals surface area contributed by atoms with E-state index in [1.165, 1.54) is 18.0 Å². The van der Waals surface area contributed by atoms with E-state index >= 15 is 0 Å². The molecule has 0 saturated carbocycles. The second kappa shape index (κ2) is 10.6. The van der Waals surface area contributed by atoms with E-state index in [9.17, 15) is 14.4 Å². The topological polar surface area (TPSA) is 112 Å². The van der Waals surface area contributed by atoms with Crippen molar-refractivity contribution in [3.05, 3.63) is 78.0 Å². The molecule has 0 spiro atoms. The van der Waals surface area contributed by atoms with Gasteiger partial charge in [-0.25, -0.2) is 9.78 Å². The van der Waals surface area contributed by atoms with Gasteiger partial charge in [0, 0.05) is 18.2 Å². The van der Waals surface area contributed by atoms with Crippen molar-refractivity contribution in [3.63, 3.8) is 0 Å². The number of ketones is 1. The molecule has 2 heterocycles. The Morgan fingerprint density at radius 3 is 2.51 bits per heavy atom. The summed E-state index contributed by atoms with van der Waals surface area (Å²) < 4.78 is 11.7. The number of hydrogen-bond acceptors (Lipinski definition) is 7. The van der Waals surface area contributed by atoms with Crippen LogP contribution in [0.3, 0.4) is 0 Å². The zero-order valence-corrected chi connectivity index (χ0v) is 19.4. The van der Waals surface area contributed by atoms with E-state index < -0.39 is 11.9 Å². The van der Waals surface area contributed by atoms with Crippen molar-refractivity contribution in [2.75, 3.05) is 19.0 Å². The number of aromatic nitrogens is 3. The Bertz CT molecular complexity index is 1400. The molecule has 0 aliphatic heterocycles. The van der Waals surface area contributed by atoms with Crippen LogP contribution < -0.4 is 10.1 Å². The van der Waals surface area contributed by atoms with Crippen molar-refractivity contribution < 1.29 is 23.9 Å². The van der Waals surface area contributed by atoms with E-state index in [0.29, 0.717) is 17.1 Å². The molecule has 0 saturated heterocycles. The van der Waals surface area contributed by atoms with Crippen molar-refractivity contribution in [2.45, 2.75) is 19.8 Å². The van der Waals surface area contributed by atoms with Gasteiger partial charge in [0.2, 0.25) is 5.91 Å². The van der Waals surface area contributed by atoms with Crippen LogP contribution in [0.25, 0.3) is 16.7 Å². The number of anilines is 1. The zero-order chi connectivity index (χ0) is 24.8. The number of carbonyl (C=O) groups excluding carboxylic acids is 3. The maximum Gasteiger partial charge on any atom is 0.343 e. The number of fused-ring (bicyclic) bond motifs is 1. The van der Waals surface area contributed by atoms with Gasteiger partial charge < -0.3 is 14.8 Å². The van der Waals surface area contributed by atoms with Crippen molar-refractivity contribution >= 4 is 34.4 Å². The monoisotopic (exact) mass is 472 g/mol. The van der Waals surface area contributed by atoms with Gasteiger partial charge in [0.15, 0.2) is 17.4 Å². The first-order valence-electron chi connectivity index (χ1n) is 11.1. The molecular formula is C26H24N4O5. The van der Waals surface area contributed by atoms with Crippen molar-refractivity contribution in [3.8, 4) is 11.6 Å². The minimum absolute atomic E-state index is 0.0384. The Morgan fingerprint density at radius 1 is 0.943 bits per heavy atom. The van der Waals surface area contributed by atoms with Gasteiger partial charge in [-0.3, -0.25) is 9.59 Å². The number of nitrogens with one attached hydrogen (secondary N) is 1. The minimum atomic E-state index is -0.625. The lowest BCUT2D eigenvalue weighted by Gasteiger charge is -2.11. The molecule has 0 radical (unpaired) electrons. The summed E-state index contributed by atoms with van der Waals surface area (Å²) >= 11 is 0. The van der Waals surface area contributed by atoms with Crippen LogP contribution in [-0.4, -0.2) is 46.1 Å². The molecule has 0 unspecified atom stereocenters. The van der Waals surface area contributed by atoms with Crippen molar-refractivity contribution in [2.24, 2.45) is 0 Å². The Hall–Kier alpha value is -4.53. The number of rotatable bonds is 9. The van der Waals surface area contributed by atoms with Gasteiger partial charge in [-0.05, 0) is 37.3 Å². The van der Waals surface area contributed by atoms with Crippen LogP contribution in [0.2, 0.25) is 0 Å². The smallest absolute Gasteiger partial charge is 0.343 e. The number of methoxy groups -OCH3 is 1. The number of ether oxygens (including phenoxy) is 2. The molecule has 0 bridgehead atoms. The Labute approximate surface area is 201 Å². The lowest BCUT2D eigenvalue weighted by Crippen LogP contribution is -2.19. The molecule has 9 nitrogen and oxygen atoms in total. The molecule has 1 amide bonds. The fraction of sp³-hybridized carbons (Fsp3) is 0.192. The molecule has 2 aromatic carbocycles. The first-order chi connectivity index (χ1) is 17.0. The number of nitrogens with zero attached hydrogens (tertiary/aromatic N) is 3. The summed E-state index contributed by atoms with van der Waals surface area (Å²) in [5.41, 5.74) is 1.23. The molecule has 4 rings (SSSR count). The number of benzene rings is 2. The zero-order valence-electron chi connectivity index (χ0n) is 19.4. The summed E-state index contributed by atoms with van der Waals surface area (Å²) in [5, 5.41) is 7.93. The van der Waals surface area contributed by atoms with Crippen LogP contribution in [0.5, 0.6) is 5.75 Å². The molecular weight excluding hydrogens is 448 g/mol. The summed E-state index contributed by atoms with van der Waals surface area (Å²) in [6, 6.07) is 18.0. The summed E-state index contributed by atoms with van der Waals surface area (Å²) in [7, 11) is 1.48. The van der Waals surface area contributed by atoms with E-state index in [2.05, 4.69) is 15.4 Å². The molecule has 0 atom stereocenters. The van der Waals surface area contributed by atoms with E-state index in [-0.39, 0.29) is 36.6 Å². The van der Waals surface area contributed by atoms with Gasteiger partial charge in [-0.2, -0.15) is 9.78 Å². The molecule has 35 heavy (non-hydrogen) atoms. The van der Waals surface area contributed by atoms with E-state index in [0.717, 1.165) is 10.9 Å². The average Bonchev–Trinajstić information content (AvgIpc) is 3.30. The van der Waals surface area contributed by atoms with Crippen molar-refractivity contribution in [1.29, 1.82) is 0 Å². The average molecular weight is 473 g/mol. The van der Waals surface area contributed by atoms with Crippen LogP contribution in [0.15, 0.2) is 66.9 Å². The van der Waals surface area contributed by atoms with Gasteiger partial charge in [0.05, 0.1) is 31.0 Å². The third kappa shape index (κ3) is 5.19. The van der Waals surface area contributed by atoms with E-state index in [4.69, 9.17) is 9.47 Å². The lowest BCUT2D eigenvalue weighted by atomic mass is 10.1. The third-order valence-corrected chi connectivity index (χ3v) is 5.31. The molecule has 9 heteroatoms. The van der Waals surface area contributed by atoms with Gasteiger partial charge in [0.1, 0.15) is 11.3 Å². The normalized spacial score (nSPS) is 10.7. The SMILES string of the molecule is CCOC(=O)c1cnn(-c2ccc3ccccc3n2)c1NC(=O)CCC(=O)c1ccccc1OC. The second-order valence-electron chi connectivity index (χ2n) is 7.57. The first-order valence-corrected chi connectivity index (χ1v) is 11.1. The number of para-hydroxylation sites is 2. The summed E-state index contributed by atoms with van der Waals surface area (Å²) in [5.74, 6) is -0.322. The molecule has 2 aromatic heterocycles. The number of esters is 1. The summed E-state index contributed by atoms with van der Waals surface area (Å²) in [6.07, 6.45) is 1.18. The molecule has 0 aliphatic rings. The van der Waals surface area contributed by atoms with Crippen LogP contribution in [-0.2, 0) is 9.53 Å². The largest absolute Gasteiger partial charge is 0.496 e. The Balaban J connectivity index is 1.58. The van der Waals surface area contributed by atoms with Gasteiger partial charge in [-0.1, -0.05) is 30.3 Å². The highest BCUT2D eigenvalue weighted by Gasteiger charge is 2.23. The molecule has 178 valence electrons. The fourth-order valence-corrected chi connectivity index (χ4v) is 3.61. The van der Waals surface area contributed by atoms with E-state index in [1.807, 2.05) is 30.3 Å². The van der Waals surface area contributed by atoms with Crippen LogP contribution in [0.4, 0.5) is 5.82 Å². The predicted molar refractivity (Wildman–Crippen MR) is 130 cm³/mol. The molecule has 0 aliphatic carbocycles. The quantitative estimate of drug-likeness (QED) is 0.287. The van der Waals surface area contributed by atoms with Gasteiger partial charge in [0.25, 0.3) is 0 Å². The maximum absolute atomic E-state index is 12.8. The third-order valence-electron chi connectivity index (χ3n) is 5.31. The molecule has 0 fully saturated rings. The Morgan fingerprint density at radius 2 is 1.71 bits per heavy atom. The van der Waals surface area contributed by atoms with Crippen molar-refractivity contribution in [1.82, 2.24) is 14.8 Å². The number of amides is 1. The summed E-state index contributed by atoms with van der Waals surface area (Å²) in [6.45, 7) is 1.86. The highest BCUT2D eigenvalue weighted by Crippen LogP contribution is 2.24. The van der Waals surface area contributed by atoms with Gasteiger partial charge >= 0.3 is 5.97 Å². The Kier molecular flexibility index (Phi) is 7.15. The van der Waals surface area contributed by atoms with Gasteiger partial charge in [-0.15, -0.1) is 0 Å². The minimum Gasteiger partial charge on any atom is -0.496 e. The molecule has 4 aromatic rings. The predicted octanol–water partition coefficient (Wildman–Crippen LogP) is 4.21. The first kappa shape index (κ1) is 23.6. The summed E-state index contributed by atoms with van der Waals surface area (Å²) in [4.78, 5) is 42.6. The highest BCUT2D eigenvalue weighted by molar-refractivity contribution is 6.03. The van der Waals surface area contributed by atoms with E-state index in [1.54, 1.807) is 37.3 Å². The number of hydrogen-bond donors (Lipinski definition) is 1. The highest BCUT2D eigenvalue weighted by atomic mass is 16.5. The molecule has 1 N–H and O–H groups in total. The van der Waals surface area contributed by atoms with Crippen LogP contribution in [0, 0.1) is 0 Å². The number of Topliss-reactive ketones (excluding diaryl/α,β-unsaturated/α-hetero) is 1. The lowest BCUT2D eigenvalue weighted by molar-refractivity contribution is -0.116.